The third kappa shape index (κ3) is 5.02. The number of nitrogens with zero attached hydrogens (tertiary/aromatic N) is 3. The summed E-state index contributed by atoms with van der Waals surface area (Å²) in [5.74, 6) is 0.632. The first-order valence-electron chi connectivity index (χ1n) is 11.5. The van der Waals surface area contributed by atoms with E-state index in [1.807, 2.05) is 0 Å². The maximum atomic E-state index is 13.5. The van der Waals surface area contributed by atoms with Crippen LogP contribution in [-0.4, -0.2) is 39.4 Å². The highest BCUT2D eigenvalue weighted by atomic mass is 35.5. The Hall–Kier alpha value is -3.03. The molecule has 1 amide bonds. The molecular weight excluding hydrogens is 489 g/mol. The molecule has 0 fully saturated rings. The van der Waals surface area contributed by atoms with Gasteiger partial charge in [-0.1, -0.05) is 37.0 Å². The average molecular weight is 516 g/mol. The van der Waals surface area contributed by atoms with Crippen molar-refractivity contribution in [2.24, 2.45) is 5.92 Å². The lowest BCUT2D eigenvalue weighted by Crippen LogP contribution is -2.41. The molecule has 2 heterocycles. The summed E-state index contributed by atoms with van der Waals surface area (Å²) in [5, 5.41) is 0.659. The molecule has 4 rings (SSSR count). The summed E-state index contributed by atoms with van der Waals surface area (Å²) >= 11 is 12.1. The molecule has 0 spiro atoms. The Bertz CT molecular complexity index is 1330. The van der Waals surface area contributed by atoms with E-state index >= 15 is 0 Å². The van der Waals surface area contributed by atoms with E-state index in [9.17, 15) is 14.4 Å². The summed E-state index contributed by atoms with van der Waals surface area (Å²) in [6.07, 6.45) is 1.01. The average Bonchev–Trinajstić information content (AvgIpc) is 3.15. The van der Waals surface area contributed by atoms with Crippen LogP contribution in [0.1, 0.15) is 53.2 Å². The maximum absolute atomic E-state index is 13.5. The Morgan fingerprint density at radius 1 is 1.03 bits per heavy atom. The van der Waals surface area contributed by atoms with Gasteiger partial charge in [0.1, 0.15) is 11.4 Å². The molecule has 9 heteroatoms. The Labute approximate surface area is 213 Å². The van der Waals surface area contributed by atoms with Gasteiger partial charge in [-0.2, -0.15) is 0 Å². The molecular formula is C26H27Cl2N3O4. The molecule has 0 radical (unpaired) electrons. The molecule has 0 saturated carbocycles. The van der Waals surface area contributed by atoms with Crippen LogP contribution in [0.4, 0.5) is 0 Å². The first-order chi connectivity index (χ1) is 16.7. The van der Waals surface area contributed by atoms with Gasteiger partial charge in [-0.05, 0) is 54.8 Å². The molecule has 0 aliphatic carbocycles. The van der Waals surface area contributed by atoms with Crippen LogP contribution in [0.2, 0.25) is 10.0 Å². The molecule has 35 heavy (non-hydrogen) atoms. The van der Waals surface area contributed by atoms with Gasteiger partial charge >= 0.3 is 5.69 Å². The predicted molar refractivity (Wildman–Crippen MR) is 136 cm³/mol. The van der Waals surface area contributed by atoms with Gasteiger partial charge in [-0.15, -0.1) is 0 Å². The zero-order valence-corrected chi connectivity index (χ0v) is 21.4. The number of ketones is 1. The molecule has 0 atom stereocenters. The van der Waals surface area contributed by atoms with Crippen LogP contribution in [0.5, 0.6) is 5.75 Å². The van der Waals surface area contributed by atoms with Crippen molar-refractivity contribution in [1.29, 1.82) is 0 Å². The summed E-state index contributed by atoms with van der Waals surface area (Å²) in [6, 6.07) is 11.7. The summed E-state index contributed by atoms with van der Waals surface area (Å²) < 4.78 is 8.30. The molecule has 184 valence electrons. The molecule has 1 aliphatic heterocycles. The molecule has 0 bridgehead atoms. The number of benzene rings is 2. The Kier molecular flexibility index (Phi) is 7.38. The zero-order valence-electron chi connectivity index (χ0n) is 19.9. The number of fused-ring (bicyclic) bond motifs is 1. The summed E-state index contributed by atoms with van der Waals surface area (Å²) in [6.45, 7) is 4.86. The number of carbonyl (C=O) groups is 2. The molecule has 2 aromatic carbocycles. The van der Waals surface area contributed by atoms with Crippen molar-refractivity contribution in [2.45, 2.75) is 39.8 Å². The SMILES string of the molecule is COc1ccc(-n2c(C(=O)CCC(C)C)c3n(c2=O)CCN(C(=O)c2ccc(Cl)c(Cl)c2)C3)cc1. The second-order valence-electron chi connectivity index (χ2n) is 8.97. The number of amides is 1. The monoisotopic (exact) mass is 515 g/mol. The number of carbonyl (C=O) groups excluding carboxylic acids is 2. The fourth-order valence-corrected chi connectivity index (χ4v) is 4.54. The van der Waals surface area contributed by atoms with E-state index in [-0.39, 0.29) is 30.5 Å². The lowest BCUT2D eigenvalue weighted by Gasteiger charge is -2.28. The highest BCUT2D eigenvalue weighted by Crippen LogP contribution is 2.27. The zero-order chi connectivity index (χ0) is 25.3. The van der Waals surface area contributed by atoms with Gasteiger partial charge < -0.3 is 9.64 Å². The van der Waals surface area contributed by atoms with E-state index in [2.05, 4.69) is 13.8 Å². The van der Waals surface area contributed by atoms with Crippen LogP contribution in [0, 0.1) is 5.92 Å². The van der Waals surface area contributed by atoms with Crippen molar-refractivity contribution in [3.8, 4) is 11.4 Å². The molecule has 0 saturated heterocycles. The number of ether oxygens (including phenoxy) is 1. The van der Waals surface area contributed by atoms with Gasteiger partial charge in [0.05, 0.1) is 35.1 Å². The topological polar surface area (TPSA) is 73.5 Å². The van der Waals surface area contributed by atoms with Gasteiger partial charge in [0.2, 0.25) is 0 Å². The number of rotatable bonds is 7. The summed E-state index contributed by atoms with van der Waals surface area (Å²) in [7, 11) is 1.57. The van der Waals surface area contributed by atoms with Crippen LogP contribution in [0.3, 0.4) is 0 Å². The normalized spacial score (nSPS) is 13.1. The molecule has 1 aromatic heterocycles. The van der Waals surface area contributed by atoms with E-state index in [0.29, 0.717) is 63.7 Å². The highest BCUT2D eigenvalue weighted by molar-refractivity contribution is 6.42. The highest BCUT2D eigenvalue weighted by Gasteiger charge is 2.32. The minimum atomic E-state index is -0.292. The van der Waals surface area contributed by atoms with Gasteiger partial charge in [0.15, 0.2) is 5.78 Å². The van der Waals surface area contributed by atoms with E-state index in [1.54, 1.807) is 53.0 Å². The molecule has 1 aliphatic rings. The minimum Gasteiger partial charge on any atom is -0.497 e. The maximum Gasteiger partial charge on any atom is 0.333 e. The second-order valence-corrected chi connectivity index (χ2v) is 9.79. The van der Waals surface area contributed by atoms with Crippen LogP contribution >= 0.6 is 23.2 Å². The van der Waals surface area contributed by atoms with Crippen LogP contribution in [0.25, 0.3) is 5.69 Å². The van der Waals surface area contributed by atoms with Crippen molar-refractivity contribution in [3.63, 3.8) is 0 Å². The number of Topliss-reactive ketones (excluding diaryl/α,β-unsaturated/α-hetero) is 1. The van der Waals surface area contributed by atoms with Crippen molar-refractivity contribution in [3.05, 3.63) is 79.9 Å². The number of hydrogen-bond acceptors (Lipinski definition) is 4. The lowest BCUT2D eigenvalue weighted by molar-refractivity contribution is 0.0707. The van der Waals surface area contributed by atoms with Crippen LogP contribution < -0.4 is 10.4 Å². The van der Waals surface area contributed by atoms with Crippen molar-refractivity contribution < 1.29 is 14.3 Å². The Balaban J connectivity index is 1.76. The third-order valence-corrected chi connectivity index (χ3v) is 6.92. The number of methoxy groups -OCH3 is 1. The predicted octanol–water partition coefficient (Wildman–Crippen LogP) is 5.23. The third-order valence-electron chi connectivity index (χ3n) is 6.18. The van der Waals surface area contributed by atoms with Gasteiger partial charge in [-0.25, -0.2) is 4.79 Å². The molecule has 3 aromatic rings. The first-order valence-corrected chi connectivity index (χ1v) is 12.2. The smallest absolute Gasteiger partial charge is 0.333 e. The molecule has 0 N–H and O–H groups in total. The van der Waals surface area contributed by atoms with Crippen LogP contribution in [0.15, 0.2) is 47.3 Å². The van der Waals surface area contributed by atoms with E-state index in [4.69, 9.17) is 27.9 Å². The van der Waals surface area contributed by atoms with E-state index in [1.165, 1.54) is 10.6 Å². The van der Waals surface area contributed by atoms with Gasteiger partial charge in [-0.3, -0.25) is 18.7 Å². The fraction of sp³-hybridized carbons (Fsp3) is 0.346. The van der Waals surface area contributed by atoms with E-state index in [0.717, 1.165) is 0 Å². The molecule has 0 unspecified atom stereocenters. The number of aromatic nitrogens is 2. The van der Waals surface area contributed by atoms with Crippen molar-refractivity contribution in [1.82, 2.24) is 14.0 Å². The number of halogens is 2. The number of hydrogen-bond donors (Lipinski definition) is 0. The van der Waals surface area contributed by atoms with E-state index < -0.39 is 0 Å². The van der Waals surface area contributed by atoms with Crippen LogP contribution in [-0.2, 0) is 13.1 Å². The Morgan fingerprint density at radius 2 is 1.74 bits per heavy atom. The fourth-order valence-electron chi connectivity index (χ4n) is 4.24. The Morgan fingerprint density at radius 3 is 2.37 bits per heavy atom. The number of imidazole rings is 1. The summed E-state index contributed by atoms with van der Waals surface area (Å²) in [5.41, 5.74) is 1.55. The van der Waals surface area contributed by atoms with Crippen molar-refractivity contribution >= 4 is 34.9 Å². The summed E-state index contributed by atoms with van der Waals surface area (Å²) in [4.78, 5) is 41.8. The van der Waals surface area contributed by atoms with Crippen molar-refractivity contribution in [2.75, 3.05) is 13.7 Å². The largest absolute Gasteiger partial charge is 0.497 e. The molecule has 7 nitrogen and oxygen atoms in total. The quantitative estimate of drug-likeness (QED) is 0.403. The first kappa shape index (κ1) is 25.1. The second kappa shape index (κ2) is 10.3. The van der Waals surface area contributed by atoms with Gasteiger partial charge in [0, 0.05) is 25.1 Å². The standard InChI is InChI=1S/C26H27Cl2N3O4/c1-16(2)4-11-23(32)24-22-15-29(25(33)17-5-10-20(27)21(28)14-17)12-13-30(22)26(34)31(24)18-6-8-19(35-3)9-7-18/h5-10,14,16H,4,11-13,15H2,1-3H3. The van der Waals surface area contributed by atoms with Gasteiger partial charge in [0.25, 0.3) is 5.91 Å². The lowest BCUT2D eigenvalue weighted by atomic mass is 10.0. The minimum absolute atomic E-state index is 0.121.